The molecule has 1 atom stereocenters. The number of rotatable bonds is 1. The highest BCUT2D eigenvalue weighted by Gasteiger charge is 2.15. The molecule has 1 amide bonds. The molecule has 0 fully saturated rings. The van der Waals surface area contributed by atoms with Crippen LogP contribution in [0.5, 0.6) is 5.75 Å². The van der Waals surface area contributed by atoms with Gasteiger partial charge in [-0.2, -0.15) is 0 Å². The second-order valence-electron chi connectivity index (χ2n) is 3.22. The van der Waals surface area contributed by atoms with E-state index < -0.39 is 12.0 Å². The number of ether oxygens (including phenoxy) is 1. The van der Waals surface area contributed by atoms with Crippen molar-refractivity contribution in [2.45, 2.75) is 6.10 Å². The Morgan fingerprint density at radius 2 is 2.07 bits per heavy atom. The zero-order chi connectivity index (χ0) is 10.7. The Labute approximate surface area is 87.9 Å². The molecule has 1 aliphatic rings. The Morgan fingerprint density at radius 3 is 2.87 bits per heavy atom. The molecule has 3 nitrogen and oxygen atoms in total. The molecule has 0 saturated heterocycles. The highest BCUT2D eigenvalue weighted by molar-refractivity contribution is 5.81. The third kappa shape index (κ3) is 2.07. The summed E-state index contributed by atoms with van der Waals surface area (Å²) in [4.78, 5) is 11.1. The van der Waals surface area contributed by atoms with Gasteiger partial charge in [-0.1, -0.05) is 36.4 Å². The number of allylic oxidation sites excluding steroid dienone is 2. The third-order valence-electron chi connectivity index (χ3n) is 2.13. The van der Waals surface area contributed by atoms with Crippen LogP contribution in [0.15, 0.2) is 42.5 Å². The van der Waals surface area contributed by atoms with Crippen molar-refractivity contribution in [1.82, 2.24) is 0 Å². The van der Waals surface area contributed by atoms with Gasteiger partial charge in [-0.15, -0.1) is 0 Å². The fourth-order valence-corrected chi connectivity index (χ4v) is 1.38. The topological polar surface area (TPSA) is 52.3 Å². The quantitative estimate of drug-likeness (QED) is 0.748. The SMILES string of the molecule is NC(=O)C1/C=C\C=C/c2ccccc2O1. The minimum absolute atomic E-state index is 0.489. The molecule has 1 aromatic rings. The lowest BCUT2D eigenvalue weighted by Crippen LogP contribution is -2.32. The standard InChI is InChI=1S/C12H11NO2/c13-12(14)11-8-4-2-6-9-5-1-3-7-10(9)15-11/h1-8,11H,(H2,13,14)/b6-2-,8-4-. The summed E-state index contributed by atoms with van der Waals surface area (Å²) in [7, 11) is 0. The summed E-state index contributed by atoms with van der Waals surface area (Å²) >= 11 is 0. The number of carbonyl (C=O) groups is 1. The van der Waals surface area contributed by atoms with Crippen molar-refractivity contribution in [3.8, 4) is 5.75 Å². The van der Waals surface area contributed by atoms with Crippen LogP contribution in [0.1, 0.15) is 5.56 Å². The number of nitrogens with two attached hydrogens (primary N) is 1. The first kappa shape index (κ1) is 9.52. The van der Waals surface area contributed by atoms with Crippen molar-refractivity contribution in [3.05, 3.63) is 48.1 Å². The van der Waals surface area contributed by atoms with E-state index in [4.69, 9.17) is 10.5 Å². The molecule has 15 heavy (non-hydrogen) atoms. The third-order valence-corrected chi connectivity index (χ3v) is 2.13. The van der Waals surface area contributed by atoms with Crippen molar-refractivity contribution in [1.29, 1.82) is 0 Å². The van der Waals surface area contributed by atoms with E-state index >= 15 is 0 Å². The van der Waals surface area contributed by atoms with E-state index in [1.54, 1.807) is 12.2 Å². The molecule has 1 heterocycles. The molecule has 3 heteroatoms. The van der Waals surface area contributed by atoms with Gasteiger partial charge in [-0.25, -0.2) is 0 Å². The smallest absolute Gasteiger partial charge is 0.262 e. The van der Waals surface area contributed by atoms with Crippen LogP contribution in [0.4, 0.5) is 0 Å². The summed E-state index contributed by atoms with van der Waals surface area (Å²) in [5, 5.41) is 0. The number of fused-ring (bicyclic) bond motifs is 1. The molecule has 0 spiro atoms. The maximum absolute atomic E-state index is 11.1. The molecule has 0 aliphatic carbocycles. The largest absolute Gasteiger partial charge is 0.476 e. The van der Waals surface area contributed by atoms with Crippen LogP contribution in [0.2, 0.25) is 0 Å². The lowest BCUT2D eigenvalue weighted by Gasteiger charge is -2.15. The van der Waals surface area contributed by atoms with E-state index in [-0.39, 0.29) is 0 Å². The van der Waals surface area contributed by atoms with Gasteiger partial charge in [0.15, 0.2) is 6.10 Å². The fourth-order valence-electron chi connectivity index (χ4n) is 1.38. The van der Waals surface area contributed by atoms with Gasteiger partial charge in [-0.05, 0) is 12.1 Å². The predicted molar refractivity (Wildman–Crippen MR) is 58.2 cm³/mol. The van der Waals surface area contributed by atoms with Crippen LogP contribution in [0.3, 0.4) is 0 Å². The Morgan fingerprint density at radius 1 is 1.27 bits per heavy atom. The van der Waals surface area contributed by atoms with E-state index in [0.29, 0.717) is 5.75 Å². The number of benzene rings is 1. The van der Waals surface area contributed by atoms with Crippen LogP contribution in [-0.4, -0.2) is 12.0 Å². The van der Waals surface area contributed by atoms with Crippen LogP contribution in [-0.2, 0) is 4.79 Å². The second kappa shape index (κ2) is 4.00. The van der Waals surface area contributed by atoms with E-state index in [0.717, 1.165) is 5.56 Å². The Bertz CT molecular complexity index is 435. The molecule has 2 rings (SSSR count). The number of hydrogen-bond donors (Lipinski definition) is 1. The monoisotopic (exact) mass is 201 g/mol. The number of carbonyl (C=O) groups excluding carboxylic acids is 1. The minimum atomic E-state index is -0.698. The van der Waals surface area contributed by atoms with Gasteiger partial charge in [0.25, 0.3) is 5.91 Å². The minimum Gasteiger partial charge on any atom is -0.476 e. The molecule has 0 aromatic heterocycles. The van der Waals surface area contributed by atoms with Crippen molar-refractivity contribution in [2.24, 2.45) is 5.73 Å². The fraction of sp³-hybridized carbons (Fsp3) is 0.0833. The van der Waals surface area contributed by atoms with Crippen LogP contribution in [0.25, 0.3) is 6.08 Å². The normalized spacial score (nSPS) is 22.8. The zero-order valence-corrected chi connectivity index (χ0v) is 8.09. The molecule has 1 aromatic carbocycles. The molecular formula is C12H11NO2. The van der Waals surface area contributed by atoms with Gasteiger partial charge in [0.1, 0.15) is 5.75 Å². The Hall–Kier alpha value is -2.03. The molecule has 0 bridgehead atoms. The van der Waals surface area contributed by atoms with Crippen LogP contribution >= 0.6 is 0 Å². The zero-order valence-electron chi connectivity index (χ0n) is 8.09. The maximum atomic E-state index is 11.1. The van der Waals surface area contributed by atoms with Crippen LogP contribution in [0, 0.1) is 0 Å². The molecule has 76 valence electrons. The molecule has 1 unspecified atom stereocenters. The first-order chi connectivity index (χ1) is 7.27. The average Bonchev–Trinajstić information content (AvgIpc) is 2.18. The average molecular weight is 201 g/mol. The summed E-state index contributed by atoms with van der Waals surface area (Å²) in [5.74, 6) is 0.179. The van der Waals surface area contributed by atoms with Gasteiger partial charge in [0.2, 0.25) is 0 Å². The molecule has 1 aliphatic heterocycles. The van der Waals surface area contributed by atoms with E-state index in [1.165, 1.54) is 0 Å². The highest BCUT2D eigenvalue weighted by Crippen LogP contribution is 2.22. The van der Waals surface area contributed by atoms with Gasteiger partial charge >= 0.3 is 0 Å². The summed E-state index contributed by atoms with van der Waals surface area (Å²) in [5.41, 5.74) is 6.14. The Kier molecular flexibility index (Phi) is 2.54. The van der Waals surface area contributed by atoms with Gasteiger partial charge in [-0.3, -0.25) is 4.79 Å². The predicted octanol–water partition coefficient (Wildman–Crippen LogP) is 1.50. The number of primary amides is 1. The molecule has 0 saturated carbocycles. The van der Waals surface area contributed by atoms with Crippen molar-refractivity contribution in [3.63, 3.8) is 0 Å². The number of para-hydroxylation sites is 1. The summed E-state index contributed by atoms with van der Waals surface area (Å²) in [6, 6.07) is 7.50. The highest BCUT2D eigenvalue weighted by atomic mass is 16.5. The van der Waals surface area contributed by atoms with Gasteiger partial charge in [0.05, 0.1) is 0 Å². The van der Waals surface area contributed by atoms with Gasteiger partial charge in [0, 0.05) is 5.56 Å². The number of hydrogen-bond acceptors (Lipinski definition) is 2. The summed E-state index contributed by atoms with van der Waals surface area (Å²) in [6.07, 6.45) is 6.47. The van der Waals surface area contributed by atoms with E-state index in [2.05, 4.69) is 0 Å². The lowest BCUT2D eigenvalue weighted by molar-refractivity contribution is -0.122. The van der Waals surface area contributed by atoms with Gasteiger partial charge < -0.3 is 10.5 Å². The summed E-state index contributed by atoms with van der Waals surface area (Å²) < 4.78 is 5.49. The molecule has 0 radical (unpaired) electrons. The molecule has 2 N–H and O–H groups in total. The van der Waals surface area contributed by atoms with Crippen LogP contribution < -0.4 is 10.5 Å². The maximum Gasteiger partial charge on any atom is 0.262 e. The second-order valence-corrected chi connectivity index (χ2v) is 3.22. The molecular weight excluding hydrogens is 190 g/mol. The van der Waals surface area contributed by atoms with Crippen molar-refractivity contribution < 1.29 is 9.53 Å². The van der Waals surface area contributed by atoms with Crippen molar-refractivity contribution >= 4 is 12.0 Å². The Balaban J connectivity index is 2.40. The summed E-state index contributed by atoms with van der Waals surface area (Å²) in [6.45, 7) is 0. The first-order valence-electron chi connectivity index (χ1n) is 4.67. The van der Waals surface area contributed by atoms with Crippen molar-refractivity contribution in [2.75, 3.05) is 0 Å². The van der Waals surface area contributed by atoms with E-state index in [1.807, 2.05) is 36.4 Å². The first-order valence-corrected chi connectivity index (χ1v) is 4.67. The lowest BCUT2D eigenvalue weighted by atomic mass is 10.1. The van der Waals surface area contributed by atoms with E-state index in [9.17, 15) is 4.79 Å². The number of amides is 1.